The molecule has 0 saturated carbocycles. The molecule has 12 heteroatoms. The monoisotopic (exact) mass is 503 g/mol. The number of nitrogens with one attached hydrogen (secondary N) is 2. The molecule has 0 atom stereocenters. The molecule has 3 aromatic rings. The molecule has 32 heavy (non-hydrogen) atoms. The van der Waals surface area contributed by atoms with Crippen molar-refractivity contribution in [3.8, 4) is 11.6 Å². The standard InChI is InChI=1S/C20H11Cl3F3N3O3/c21-12-6-4-10(20(24,25)26)8-15(12)32-16-7-5-11(9-27-16)28-19(31)29-18(30)17-13(22)2-1-3-14(17)23/h1-9H,(H2,28,29,30,31). The van der Waals surface area contributed by atoms with Gasteiger partial charge in [0.2, 0.25) is 5.88 Å². The number of carbonyl (C=O) groups is 2. The van der Waals surface area contributed by atoms with Gasteiger partial charge in [-0.2, -0.15) is 13.2 Å². The van der Waals surface area contributed by atoms with Gasteiger partial charge >= 0.3 is 12.2 Å². The van der Waals surface area contributed by atoms with E-state index in [2.05, 4.69) is 15.6 Å². The summed E-state index contributed by atoms with van der Waals surface area (Å²) in [5.74, 6) is -1.13. The highest BCUT2D eigenvalue weighted by Gasteiger charge is 2.31. The number of pyridine rings is 1. The van der Waals surface area contributed by atoms with Gasteiger partial charge in [0.1, 0.15) is 5.75 Å². The lowest BCUT2D eigenvalue weighted by Crippen LogP contribution is -2.34. The van der Waals surface area contributed by atoms with Gasteiger partial charge in [-0.05, 0) is 36.4 Å². The first-order valence-electron chi connectivity index (χ1n) is 8.61. The van der Waals surface area contributed by atoms with Crippen LogP contribution < -0.4 is 15.4 Å². The lowest BCUT2D eigenvalue weighted by atomic mass is 10.2. The smallest absolute Gasteiger partial charge is 0.416 e. The largest absolute Gasteiger partial charge is 0.437 e. The Kier molecular flexibility index (Phi) is 7.12. The average Bonchev–Trinajstić information content (AvgIpc) is 2.70. The predicted octanol–water partition coefficient (Wildman–Crippen LogP) is 6.81. The fourth-order valence-electron chi connectivity index (χ4n) is 2.43. The van der Waals surface area contributed by atoms with Crippen LogP contribution in [-0.2, 0) is 6.18 Å². The van der Waals surface area contributed by atoms with Crippen molar-refractivity contribution >= 4 is 52.4 Å². The molecule has 2 aromatic carbocycles. The van der Waals surface area contributed by atoms with Gasteiger partial charge in [0.05, 0.1) is 38.1 Å². The molecule has 166 valence electrons. The highest BCUT2D eigenvalue weighted by Crippen LogP contribution is 2.36. The summed E-state index contributed by atoms with van der Waals surface area (Å²) in [7, 11) is 0. The Morgan fingerprint density at radius 1 is 0.938 bits per heavy atom. The minimum atomic E-state index is -4.57. The Morgan fingerprint density at radius 3 is 2.22 bits per heavy atom. The number of amides is 3. The van der Waals surface area contributed by atoms with Crippen LogP contribution in [0.4, 0.5) is 23.7 Å². The molecule has 0 aliphatic heterocycles. The van der Waals surface area contributed by atoms with Crippen molar-refractivity contribution in [2.75, 3.05) is 5.32 Å². The summed E-state index contributed by atoms with van der Waals surface area (Å²) in [5, 5.41) is 4.52. The maximum Gasteiger partial charge on any atom is 0.416 e. The van der Waals surface area contributed by atoms with Crippen molar-refractivity contribution < 1.29 is 27.5 Å². The van der Waals surface area contributed by atoms with E-state index in [-0.39, 0.29) is 37.9 Å². The van der Waals surface area contributed by atoms with Crippen molar-refractivity contribution in [2.24, 2.45) is 0 Å². The number of urea groups is 1. The number of hydrogen-bond donors (Lipinski definition) is 2. The van der Waals surface area contributed by atoms with Gasteiger partial charge < -0.3 is 10.1 Å². The maximum absolute atomic E-state index is 12.9. The van der Waals surface area contributed by atoms with E-state index < -0.39 is 23.7 Å². The van der Waals surface area contributed by atoms with Crippen molar-refractivity contribution in [2.45, 2.75) is 6.18 Å². The summed E-state index contributed by atoms with van der Waals surface area (Å²) in [4.78, 5) is 28.2. The molecule has 0 aliphatic rings. The summed E-state index contributed by atoms with van der Waals surface area (Å²) < 4.78 is 43.9. The Balaban J connectivity index is 1.65. The fourth-order valence-corrected chi connectivity index (χ4v) is 3.15. The van der Waals surface area contributed by atoms with Crippen molar-refractivity contribution in [3.05, 3.63) is 80.9 Å². The summed E-state index contributed by atoms with van der Waals surface area (Å²) >= 11 is 17.7. The van der Waals surface area contributed by atoms with E-state index in [0.29, 0.717) is 0 Å². The highest BCUT2D eigenvalue weighted by molar-refractivity contribution is 6.40. The van der Waals surface area contributed by atoms with Crippen molar-refractivity contribution in [1.82, 2.24) is 10.3 Å². The average molecular weight is 505 g/mol. The zero-order valence-corrected chi connectivity index (χ0v) is 17.9. The summed E-state index contributed by atoms with van der Waals surface area (Å²) in [5.41, 5.74) is -0.830. The number of alkyl halides is 3. The van der Waals surface area contributed by atoms with E-state index in [1.54, 1.807) is 6.07 Å². The maximum atomic E-state index is 12.9. The van der Waals surface area contributed by atoms with E-state index in [0.717, 1.165) is 18.2 Å². The first-order valence-corrected chi connectivity index (χ1v) is 9.75. The molecule has 0 radical (unpaired) electrons. The van der Waals surface area contributed by atoms with Crippen LogP contribution >= 0.6 is 34.8 Å². The number of ether oxygens (including phenoxy) is 1. The third-order valence-corrected chi connectivity index (χ3v) is 4.83. The number of rotatable bonds is 4. The van der Waals surface area contributed by atoms with Crippen molar-refractivity contribution in [1.29, 1.82) is 0 Å². The number of halogens is 6. The SMILES string of the molecule is O=C(NC(=O)c1c(Cl)cccc1Cl)Nc1ccc(Oc2cc(C(F)(F)F)ccc2Cl)nc1. The Hall–Kier alpha value is -3.01. The van der Waals surface area contributed by atoms with Gasteiger partial charge in [-0.3, -0.25) is 10.1 Å². The highest BCUT2D eigenvalue weighted by atomic mass is 35.5. The number of benzene rings is 2. The zero-order chi connectivity index (χ0) is 23.5. The molecule has 0 bridgehead atoms. The molecule has 1 heterocycles. The van der Waals surface area contributed by atoms with Gasteiger partial charge in [-0.25, -0.2) is 9.78 Å². The molecular formula is C20H11Cl3F3N3O3. The Labute approximate surface area is 194 Å². The lowest BCUT2D eigenvalue weighted by molar-refractivity contribution is -0.137. The quantitative estimate of drug-likeness (QED) is 0.409. The van der Waals surface area contributed by atoms with Crippen LogP contribution in [0.3, 0.4) is 0 Å². The number of hydrogen-bond acceptors (Lipinski definition) is 4. The van der Waals surface area contributed by atoms with Gasteiger partial charge in [-0.15, -0.1) is 0 Å². The van der Waals surface area contributed by atoms with Crippen LogP contribution in [-0.4, -0.2) is 16.9 Å². The summed E-state index contributed by atoms with van der Waals surface area (Å²) in [6, 6.07) is 8.82. The molecular weight excluding hydrogens is 494 g/mol. The normalized spacial score (nSPS) is 11.1. The van der Waals surface area contributed by atoms with Crippen LogP contribution in [0.25, 0.3) is 0 Å². The second-order valence-corrected chi connectivity index (χ2v) is 7.36. The third-order valence-electron chi connectivity index (χ3n) is 3.88. The third kappa shape index (κ3) is 5.82. The summed E-state index contributed by atoms with van der Waals surface area (Å²) in [6.45, 7) is 0. The van der Waals surface area contributed by atoms with Crippen LogP contribution in [0.15, 0.2) is 54.7 Å². The fraction of sp³-hybridized carbons (Fsp3) is 0.0500. The first-order chi connectivity index (χ1) is 15.0. The van der Waals surface area contributed by atoms with Crippen LogP contribution in [0.2, 0.25) is 15.1 Å². The topological polar surface area (TPSA) is 80.3 Å². The molecule has 0 spiro atoms. The van der Waals surface area contributed by atoms with E-state index in [1.165, 1.54) is 30.5 Å². The number of carbonyl (C=O) groups excluding carboxylic acids is 2. The van der Waals surface area contributed by atoms with E-state index in [4.69, 9.17) is 39.5 Å². The summed E-state index contributed by atoms with van der Waals surface area (Å²) in [6.07, 6.45) is -3.40. The van der Waals surface area contributed by atoms with Crippen molar-refractivity contribution in [3.63, 3.8) is 0 Å². The number of nitrogens with zero attached hydrogens (tertiary/aromatic N) is 1. The van der Waals surface area contributed by atoms with E-state index in [9.17, 15) is 22.8 Å². The molecule has 2 N–H and O–H groups in total. The van der Waals surface area contributed by atoms with E-state index >= 15 is 0 Å². The van der Waals surface area contributed by atoms with Gasteiger partial charge in [0.25, 0.3) is 5.91 Å². The Bertz CT molecular complexity index is 1150. The van der Waals surface area contributed by atoms with Crippen LogP contribution in [0.1, 0.15) is 15.9 Å². The van der Waals surface area contributed by atoms with Gasteiger partial charge in [0.15, 0.2) is 0 Å². The molecule has 0 saturated heterocycles. The number of aromatic nitrogens is 1. The zero-order valence-electron chi connectivity index (χ0n) is 15.6. The Morgan fingerprint density at radius 2 is 1.62 bits per heavy atom. The molecule has 0 aliphatic carbocycles. The van der Waals surface area contributed by atoms with Gasteiger partial charge in [0, 0.05) is 6.07 Å². The second kappa shape index (κ2) is 9.64. The minimum absolute atomic E-state index is 0.0434. The second-order valence-electron chi connectivity index (χ2n) is 6.14. The molecule has 6 nitrogen and oxygen atoms in total. The molecule has 0 unspecified atom stereocenters. The molecule has 0 fully saturated rings. The van der Waals surface area contributed by atoms with E-state index in [1.807, 2.05) is 0 Å². The molecule has 3 rings (SSSR count). The molecule has 3 amide bonds. The van der Waals surface area contributed by atoms with Gasteiger partial charge in [-0.1, -0.05) is 40.9 Å². The lowest BCUT2D eigenvalue weighted by Gasteiger charge is -2.12. The van der Waals surface area contributed by atoms with Crippen LogP contribution in [0.5, 0.6) is 11.6 Å². The minimum Gasteiger partial charge on any atom is -0.437 e. The van der Waals surface area contributed by atoms with Crippen LogP contribution in [0, 0.1) is 0 Å². The first kappa shape index (κ1) is 23.6. The predicted molar refractivity (Wildman–Crippen MR) is 114 cm³/mol. The molecule has 1 aromatic heterocycles. The number of imide groups is 1. The number of anilines is 1.